The minimum absolute atomic E-state index is 0.0246. The zero-order valence-electron chi connectivity index (χ0n) is 12.0. The van der Waals surface area contributed by atoms with E-state index < -0.39 is 10.4 Å². The summed E-state index contributed by atoms with van der Waals surface area (Å²) in [5, 5.41) is 10.7. The molecule has 0 unspecified atom stereocenters. The second kappa shape index (κ2) is 6.91. The van der Waals surface area contributed by atoms with E-state index >= 15 is 0 Å². The number of rotatable bonds is 5. The van der Waals surface area contributed by atoms with Crippen LogP contribution in [0.4, 0.5) is 18.9 Å². The molecular formula is C15H12F3NO3S. The number of thioether (sulfide) groups is 1. The third-order valence-corrected chi connectivity index (χ3v) is 3.66. The van der Waals surface area contributed by atoms with E-state index in [0.717, 1.165) is 0 Å². The first-order chi connectivity index (χ1) is 10.7. The van der Waals surface area contributed by atoms with E-state index in [0.29, 0.717) is 16.9 Å². The van der Waals surface area contributed by atoms with Crippen molar-refractivity contribution in [3.8, 4) is 5.75 Å². The summed E-state index contributed by atoms with van der Waals surface area (Å²) in [5.74, 6) is 0.490. The minimum Gasteiger partial charge on any atom is -0.489 e. The second-order valence-corrected chi connectivity index (χ2v) is 5.83. The normalized spacial score (nSPS) is 11.3. The van der Waals surface area contributed by atoms with Crippen LogP contribution >= 0.6 is 11.8 Å². The number of ether oxygens (including phenoxy) is 1. The summed E-state index contributed by atoms with van der Waals surface area (Å²) < 4.78 is 42.3. The highest BCUT2D eigenvalue weighted by Gasteiger charge is 2.28. The predicted octanol–water partition coefficient (Wildman–Crippen LogP) is 5.09. The van der Waals surface area contributed by atoms with Gasteiger partial charge in [-0.2, -0.15) is 13.2 Å². The van der Waals surface area contributed by atoms with Gasteiger partial charge in [0.1, 0.15) is 12.4 Å². The Kier molecular flexibility index (Phi) is 5.15. The number of nitro benzene ring substituents is 1. The first-order valence-electron chi connectivity index (χ1n) is 6.47. The van der Waals surface area contributed by atoms with Crippen molar-refractivity contribution >= 4 is 17.4 Å². The van der Waals surface area contributed by atoms with Crippen LogP contribution in [-0.4, -0.2) is 10.4 Å². The molecule has 0 heterocycles. The van der Waals surface area contributed by atoms with Gasteiger partial charge in [0.2, 0.25) is 0 Å². The molecular weight excluding hydrogens is 331 g/mol. The molecule has 0 amide bonds. The van der Waals surface area contributed by atoms with Crippen LogP contribution in [0.25, 0.3) is 0 Å². The van der Waals surface area contributed by atoms with Crippen LogP contribution in [0.2, 0.25) is 0 Å². The van der Waals surface area contributed by atoms with Gasteiger partial charge in [-0.25, -0.2) is 0 Å². The summed E-state index contributed by atoms with van der Waals surface area (Å²) in [7, 11) is 0. The minimum atomic E-state index is -4.31. The van der Waals surface area contributed by atoms with Gasteiger partial charge in [-0.3, -0.25) is 10.1 Å². The highest BCUT2D eigenvalue weighted by molar-refractivity contribution is 8.00. The van der Waals surface area contributed by atoms with Crippen LogP contribution < -0.4 is 4.74 Å². The average molecular weight is 343 g/mol. The molecule has 2 aromatic carbocycles. The molecule has 0 aliphatic heterocycles. The van der Waals surface area contributed by atoms with E-state index in [2.05, 4.69) is 0 Å². The lowest BCUT2D eigenvalue weighted by molar-refractivity contribution is -0.384. The van der Waals surface area contributed by atoms with Crippen LogP contribution in [0.15, 0.2) is 47.4 Å². The summed E-state index contributed by atoms with van der Waals surface area (Å²) in [5.41, 5.74) is -3.02. The Labute approximate surface area is 134 Å². The third-order valence-electron chi connectivity index (χ3n) is 2.92. The van der Waals surface area contributed by atoms with E-state index in [1.54, 1.807) is 19.1 Å². The fourth-order valence-corrected chi connectivity index (χ4v) is 2.40. The highest BCUT2D eigenvalue weighted by atomic mass is 32.2. The Hall–Kier alpha value is -2.22. The Morgan fingerprint density at radius 2 is 1.83 bits per heavy atom. The molecule has 0 saturated heterocycles. The van der Waals surface area contributed by atoms with Gasteiger partial charge in [0, 0.05) is 17.0 Å². The maximum absolute atomic E-state index is 12.2. The number of halogens is 3. The van der Waals surface area contributed by atoms with E-state index in [9.17, 15) is 23.3 Å². The largest absolute Gasteiger partial charge is 0.489 e. The molecule has 0 aromatic heterocycles. The first-order valence-corrected chi connectivity index (χ1v) is 7.29. The summed E-state index contributed by atoms with van der Waals surface area (Å²) in [6, 6.07) is 10.1. The van der Waals surface area contributed by atoms with Gasteiger partial charge in [-0.15, -0.1) is 0 Å². The first kappa shape index (κ1) is 17.1. The smallest absolute Gasteiger partial charge is 0.446 e. The van der Waals surface area contributed by atoms with Crippen LogP contribution in [0.3, 0.4) is 0 Å². The van der Waals surface area contributed by atoms with Gasteiger partial charge in [0.25, 0.3) is 5.69 Å². The molecule has 2 aromatic rings. The Morgan fingerprint density at radius 3 is 2.35 bits per heavy atom. The maximum atomic E-state index is 12.2. The van der Waals surface area contributed by atoms with Crippen molar-refractivity contribution < 1.29 is 22.8 Å². The van der Waals surface area contributed by atoms with Gasteiger partial charge in [0.15, 0.2) is 0 Å². The van der Waals surface area contributed by atoms with Crippen molar-refractivity contribution in [2.24, 2.45) is 0 Å². The molecule has 0 aliphatic carbocycles. The molecule has 0 spiro atoms. The summed E-state index contributed by atoms with van der Waals surface area (Å²) in [4.78, 5) is 10.3. The quantitative estimate of drug-likeness (QED) is 0.431. The average Bonchev–Trinajstić information content (AvgIpc) is 2.45. The molecule has 4 nitrogen and oxygen atoms in total. The molecule has 0 atom stereocenters. The molecule has 2 rings (SSSR count). The molecule has 0 N–H and O–H groups in total. The van der Waals surface area contributed by atoms with Crippen LogP contribution in [0, 0.1) is 17.0 Å². The Balaban J connectivity index is 2.00. The second-order valence-electron chi connectivity index (χ2n) is 4.69. The van der Waals surface area contributed by atoms with E-state index in [-0.39, 0.29) is 29.0 Å². The van der Waals surface area contributed by atoms with Gasteiger partial charge < -0.3 is 4.74 Å². The lowest BCUT2D eigenvalue weighted by Gasteiger charge is -2.10. The van der Waals surface area contributed by atoms with Crippen molar-refractivity contribution in [2.45, 2.75) is 23.9 Å². The van der Waals surface area contributed by atoms with Crippen molar-refractivity contribution in [2.75, 3.05) is 0 Å². The maximum Gasteiger partial charge on any atom is 0.446 e. The standard InChI is InChI=1S/C15H12F3NO3S/c1-10-8-12(19(20)21)4-7-14(10)22-9-11-2-5-13(6-3-11)23-15(16,17)18/h2-8H,9H2,1H3. The third kappa shape index (κ3) is 5.17. The van der Waals surface area contributed by atoms with Crippen molar-refractivity contribution in [3.63, 3.8) is 0 Å². The number of hydrogen-bond donors (Lipinski definition) is 0. The van der Waals surface area contributed by atoms with Crippen molar-refractivity contribution in [1.82, 2.24) is 0 Å². The summed E-state index contributed by atoms with van der Waals surface area (Å²) >= 11 is -0.174. The lowest BCUT2D eigenvalue weighted by Crippen LogP contribution is -2.00. The van der Waals surface area contributed by atoms with Gasteiger partial charge in [-0.05, 0) is 48.0 Å². The van der Waals surface area contributed by atoms with Crippen LogP contribution in [0.5, 0.6) is 5.75 Å². The van der Waals surface area contributed by atoms with Crippen LogP contribution in [-0.2, 0) is 6.61 Å². The number of alkyl halides is 3. The molecule has 23 heavy (non-hydrogen) atoms. The Morgan fingerprint density at radius 1 is 1.17 bits per heavy atom. The molecule has 0 radical (unpaired) electrons. The van der Waals surface area contributed by atoms with Gasteiger partial charge >= 0.3 is 5.51 Å². The van der Waals surface area contributed by atoms with E-state index in [1.165, 1.54) is 30.3 Å². The van der Waals surface area contributed by atoms with E-state index in [4.69, 9.17) is 4.74 Å². The van der Waals surface area contributed by atoms with Gasteiger partial charge in [-0.1, -0.05) is 12.1 Å². The summed E-state index contributed by atoms with van der Waals surface area (Å²) in [6.07, 6.45) is 0. The summed E-state index contributed by atoms with van der Waals surface area (Å²) in [6.45, 7) is 1.85. The number of non-ortho nitro benzene ring substituents is 1. The number of nitrogens with zero attached hydrogens (tertiary/aromatic N) is 1. The SMILES string of the molecule is Cc1cc([N+](=O)[O-])ccc1OCc1ccc(SC(F)(F)F)cc1. The fraction of sp³-hybridized carbons (Fsp3) is 0.200. The van der Waals surface area contributed by atoms with Crippen LogP contribution in [0.1, 0.15) is 11.1 Å². The molecule has 8 heteroatoms. The molecule has 0 bridgehead atoms. The lowest BCUT2D eigenvalue weighted by atomic mass is 10.2. The molecule has 0 fully saturated rings. The number of nitro groups is 1. The topological polar surface area (TPSA) is 52.4 Å². The fourth-order valence-electron chi connectivity index (χ4n) is 1.86. The monoisotopic (exact) mass is 343 g/mol. The van der Waals surface area contributed by atoms with Crippen molar-refractivity contribution in [1.29, 1.82) is 0 Å². The van der Waals surface area contributed by atoms with Gasteiger partial charge in [0.05, 0.1) is 4.92 Å². The van der Waals surface area contributed by atoms with Crippen molar-refractivity contribution in [3.05, 3.63) is 63.7 Å². The molecule has 0 saturated carbocycles. The van der Waals surface area contributed by atoms with E-state index in [1.807, 2.05) is 0 Å². The zero-order valence-corrected chi connectivity index (χ0v) is 12.8. The predicted molar refractivity (Wildman–Crippen MR) is 80.5 cm³/mol. The zero-order chi connectivity index (χ0) is 17.0. The molecule has 0 aliphatic rings. The number of benzene rings is 2. The number of hydrogen-bond acceptors (Lipinski definition) is 4. The number of aryl methyl sites for hydroxylation is 1. The Bertz CT molecular complexity index is 702. The highest BCUT2D eigenvalue weighted by Crippen LogP contribution is 2.36. The molecule has 122 valence electrons.